The largest absolute Gasteiger partial charge is 0.460 e. The summed E-state index contributed by atoms with van der Waals surface area (Å²) in [5.74, 6) is -1.24. The third-order valence-corrected chi connectivity index (χ3v) is 2.12. The van der Waals surface area contributed by atoms with Gasteiger partial charge in [-0.05, 0) is 25.0 Å². The molecule has 0 radical (unpaired) electrons. The van der Waals surface area contributed by atoms with Crippen LogP contribution < -0.4 is 0 Å². The van der Waals surface area contributed by atoms with Crippen LogP contribution >= 0.6 is 0 Å². The number of aryl methyl sites for hydroxylation is 1. The van der Waals surface area contributed by atoms with E-state index in [9.17, 15) is 9.59 Å². The summed E-state index contributed by atoms with van der Waals surface area (Å²) in [6.07, 6.45) is 0.117. The van der Waals surface area contributed by atoms with E-state index in [0.29, 0.717) is 0 Å². The van der Waals surface area contributed by atoms with Gasteiger partial charge < -0.3 is 4.74 Å². The van der Waals surface area contributed by atoms with Crippen molar-refractivity contribution in [3.05, 3.63) is 35.4 Å². The van der Waals surface area contributed by atoms with Gasteiger partial charge in [-0.2, -0.15) is 0 Å². The molecule has 0 fully saturated rings. The number of rotatable bonds is 4. The number of carbonyl (C=O) groups excluding carboxylic acids is 2. The molecule has 3 heteroatoms. The van der Waals surface area contributed by atoms with Crippen LogP contribution in [0.25, 0.3) is 0 Å². The summed E-state index contributed by atoms with van der Waals surface area (Å²) >= 11 is 0. The van der Waals surface area contributed by atoms with Crippen molar-refractivity contribution in [1.82, 2.24) is 0 Å². The van der Waals surface area contributed by atoms with Gasteiger partial charge in [0.15, 0.2) is 0 Å². The number of ketones is 1. The Hall–Kier alpha value is -1.64. The molecule has 0 aliphatic carbocycles. The Bertz CT molecular complexity index is 369. The highest BCUT2D eigenvalue weighted by atomic mass is 16.5. The van der Waals surface area contributed by atoms with Gasteiger partial charge in [0.25, 0.3) is 0 Å². The standard InChI is InChI=1S/C12H14O3/c1-3-15-12(14)11(13)8-10-7-5-4-6-9(10)2/h4-7H,3,8H2,1-2H3. The molecule has 0 saturated carbocycles. The van der Waals surface area contributed by atoms with Crippen LogP contribution in [0.1, 0.15) is 18.1 Å². The number of benzene rings is 1. The fraction of sp³-hybridized carbons (Fsp3) is 0.333. The van der Waals surface area contributed by atoms with Gasteiger partial charge in [0.1, 0.15) is 0 Å². The predicted molar refractivity (Wildman–Crippen MR) is 56.5 cm³/mol. The van der Waals surface area contributed by atoms with Crippen molar-refractivity contribution in [2.75, 3.05) is 6.61 Å². The lowest BCUT2D eigenvalue weighted by Gasteiger charge is -2.04. The first-order valence-electron chi connectivity index (χ1n) is 4.89. The van der Waals surface area contributed by atoms with E-state index in [4.69, 9.17) is 0 Å². The van der Waals surface area contributed by atoms with Crippen molar-refractivity contribution in [2.45, 2.75) is 20.3 Å². The molecule has 3 nitrogen and oxygen atoms in total. The quantitative estimate of drug-likeness (QED) is 0.556. The summed E-state index contributed by atoms with van der Waals surface area (Å²) in [4.78, 5) is 22.5. The molecule has 0 aromatic heterocycles. The molecule has 0 saturated heterocycles. The van der Waals surface area contributed by atoms with E-state index in [-0.39, 0.29) is 13.0 Å². The van der Waals surface area contributed by atoms with Crippen molar-refractivity contribution in [1.29, 1.82) is 0 Å². The van der Waals surface area contributed by atoms with Crippen LogP contribution in [0.5, 0.6) is 0 Å². The van der Waals surface area contributed by atoms with Crippen LogP contribution in [-0.4, -0.2) is 18.4 Å². The number of ether oxygens (including phenoxy) is 1. The molecule has 1 aromatic rings. The predicted octanol–water partition coefficient (Wildman–Crippen LogP) is 1.67. The zero-order valence-corrected chi connectivity index (χ0v) is 8.95. The van der Waals surface area contributed by atoms with Crippen LogP contribution in [0, 0.1) is 6.92 Å². The molecule has 0 aliphatic heterocycles. The Kier molecular flexibility index (Phi) is 4.03. The lowest BCUT2D eigenvalue weighted by molar-refractivity contribution is -0.153. The molecule has 0 unspecified atom stereocenters. The maximum absolute atomic E-state index is 11.4. The summed E-state index contributed by atoms with van der Waals surface area (Å²) in [6.45, 7) is 3.82. The van der Waals surface area contributed by atoms with E-state index >= 15 is 0 Å². The van der Waals surface area contributed by atoms with Gasteiger partial charge in [-0.15, -0.1) is 0 Å². The minimum Gasteiger partial charge on any atom is -0.460 e. The fourth-order valence-corrected chi connectivity index (χ4v) is 1.27. The third-order valence-electron chi connectivity index (χ3n) is 2.12. The van der Waals surface area contributed by atoms with E-state index in [1.807, 2.05) is 31.2 Å². The zero-order valence-electron chi connectivity index (χ0n) is 8.95. The smallest absolute Gasteiger partial charge is 0.374 e. The summed E-state index contributed by atoms with van der Waals surface area (Å²) in [6, 6.07) is 7.49. The van der Waals surface area contributed by atoms with Crippen LogP contribution in [0.15, 0.2) is 24.3 Å². The maximum Gasteiger partial charge on any atom is 0.374 e. The molecule has 15 heavy (non-hydrogen) atoms. The Morgan fingerprint density at radius 2 is 1.93 bits per heavy atom. The molecule has 0 bridgehead atoms. The maximum atomic E-state index is 11.4. The molecular weight excluding hydrogens is 192 g/mol. The van der Waals surface area contributed by atoms with Crippen molar-refractivity contribution in [3.8, 4) is 0 Å². The first-order valence-corrected chi connectivity index (χ1v) is 4.89. The van der Waals surface area contributed by atoms with Crippen LogP contribution in [0.3, 0.4) is 0 Å². The molecule has 1 rings (SSSR count). The monoisotopic (exact) mass is 206 g/mol. The average Bonchev–Trinajstić information content (AvgIpc) is 2.21. The molecular formula is C12H14O3. The minimum absolute atomic E-state index is 0.117. The van der Waals surface area contributed by atoms with Gasteiger partial charge >= 0.3 is 5.97 Å². The normalized spacial score (nSPS) is 9.73. The second-order valence-corrected chi connectivity index (χ2v) is 3.25. The Morgan fingerprint density at radius 1 is 1.27 bits per heavy atom. The lowest BCUT2D eigenvalue weighted by Crippen LogP contribution is -2.19. The highest BCUT2D eigenvalue weighted by Gasteiger charge is 2.15. The van der Waals surface area contributed by atoms with E-state index in [2.05, 4.69) is 4.74 Å². The second kappa shape index (κ2) is 5.29. The first kappa shape index (κ1) is 11.4. The van der Waals surface area contributed by atoms with Gasteiger partial charge in [0.2, 0.25) is 5.78 Å². The Morgan fingerprint density at radius 3 is 2.53 bits per heavy atom. The van der Waals surface area contributed by atoms with Crippen molar-refractivity contribution < 1.29 is 14.3 Å². The van der Waals surface area contributed by atoms with Crippen molar-refractivity contribution >= 4 is 11.8 Å². The van der Waals surface area contributed by atoms with Gasteiger partial charge in [-0.3, -0.25) is 4.79 Å². The first-order chi connectivity index (χ1) is 7.15. The number of carbonyl (C=O) groups is 2. The van der Waals surface area contributed by atoms with Gasteiger partial charge in [0, 0.05) is 6.42 Å². The molecule has 0 heterocycles. The molecule has 1 aromatic carbocycles. The van der Waals surface area contributed by atoms with Crippen LogP contribution in [0.2, 0.25) is 0 Å². The van der Waals surface area contributed by atoms with Gasteiger partial charge in [0.05, 0.1) is 6.61 Å². The van der Waals surface area contributed by atoms with Crippen LogP contribution in [-0.2, 0) is 20.7 Å². The lowest BCUT2D eigenvalue weighted by atomic mass is 10.0. The molecule has 0 aliphatic rings. The fourth-order valence-electron chi connectivity index (χ4n) is 1.27. The van der Waals surface area contributed by atoms with E-state index in [1.54, 1.807) is 6.92 Å². The molecule has 0 atom stereocenters. The number of Topliss-reactive ketones (excluding diaryl/α,β-unsaturated/α-hetero) is 1. The van der Waals surface area contributed by atoms with Crippen molar-refractivity contribution in [3.63, 3.8) is 0 Å². The Balaban J connectivity index is 2.67. The SMILES string of the molecule is CCOC(=O)C(=O)Cc1ccccc1C. The summed E-state index contributed by atoms with van der Waals surface area (Å²) in [5.41, 5.74) is 1.88. The highest BCUT2D eigenvalue weighted by Crippen LogP contribution is 2.08. The molecule has 0 spiro atoms. The highest BCUT2D eigenvalue weighted by molar-refractivity contribution is 6.34. The molecule has 0 N–H and O–H groups in total. The van der Waals surface area contributed by atoms with E-state index in [1.165, 1.54) is 0 Å². The summed E-state index contributed by atoms with van der Waals surface area (Å²) in [7, 11) is 0. The Labute approximate surface area is 89.1 Å². The third kappa shape index (κ3) is 3.20. The summed E-state index contributed by atoms with van der Waals surface area (Å²) < 4.78 is 4.63. The van der Waals surface area contributed by atoms with E-state index in [0.717, 1.165) is 11.1 Å². The molecule has 0 amide bonds. The zero-order chi connectivity index (χ0) is 11.3. The average molecular weight is 206 g/mol. The molecule has 80 valence electrons. The summed E-state index contributed by atoms with van der Waals surface area (Å²) in [5, 5.41) is 0. The minimum atomic E-state index is -0.749. The van der Waals surface area contributed by atoms with Crippen LogP contribution in [0.4, 0.5) is 0 Å². The van der Waals surface area contributed by atoms with Crippen molar-refractivity contribution in [2.24, 2.45) is 0 Å². The second-order valence-electron chi connectivity index (χ2n) is 3.25. The van der Waals surface area contributed by atoms with Gasteiger partial charge in [-0.1, -0.05) is 24.3 Å². The van der Waals surface area contributed by atoms with Gasteiger partial charge in [-0.25, -0.2) is 4.79 Å². The van der Waals surface area contributed by atoms with E-state index < -0.39 is 11.8 Å². The number of esters is 1. The topological polar surface area (TPSA) is 43.4 Å². The number of hydrogen-bond donors (Lipinski definition) is 0. The number of hydrogen-bond acceptors (Lipinski definition) is 3.